The number of piperidine rings is 1. The summed E-state index contributed by atoms with van der Waals surface area (Å²) in [6, 6.07) is 0.0614. The summed E-state index contributed by atoms with van der Waals surface area (Å²) in [5.74, 6) is 0.989. The SMILES string of the molecule is CC1CC(N)CN(C2=CC=NC[C@@H]2NC(=O)c2csc(C3CCCCC3)n2)C1. The maximum absolute atomic E-state index is 12.9. The number of nitrogens with two attached hydrogens (primary N) is 1. The molecular weight excluding hydrogens is 370 g/mol. The van der Waals surface area contributed by atoms with Crippen molar-refractivity contribution in [3.63, 3.8) is 0 Å². The quantitative estimate of drug-likeness (QED) is 0.812. The van der Waals surface area contributed by atoms with Gasteiger partial charge in [-0.25, -0.2) is 4.98 Å². The van der Waals surface area contributed by atoms with Crippen LogP contribution in [0.3, 0.4) is 0 Å². The lowest BCUT2D eigenvalue weighted by atomic mass is 9.90. The highest BCUT2D eigenvalue weighted by Crippen LogP contribution is 2.34. The molecule has 3 N–H and O–H groups in total. The highest BCUT2D eigenvalue weighted by atomic mass is 32.1. The molecule has 1 aromatic heterocycles. The number of likely N-dealkylation sites (tertiary alicyclic amines) is 1. The zero-order valence-electron chi connectivity index (χ0n) is 16.6. The lowest BCUT2D eigenvalue weighted by Gasteiger charge is -2.40. The molecule has 2 unspecified atom stereocenters. The number of nitrogens with zero attached hydrogens (tertiary/aromatic N) is 3. The van der Waals surface area contributed by atoms with Crippen LogP contribution >= 0.6 is 11.3 Å². The number of dihydropyridines is 1. The molecule has 1 aromatic rings. The summed E-state index contributed by atoms with van der Waals surface area (Å²) < 4.78 is 0. The molecule has 3 aliphatic rings. The molecular formula is C21H31N5OS. The Morgan fingerprint density at radius 1 is 1.29 bits per heavy atom. The molecule has 0 bridgehead atoms. The van der Waals surface area contributed by atoms with E-state index in [1.165, 1.54) is 32.1 Å². The summed E-state index contributed by atoms with van der Waals surface area (Å²) in [4.78, 5) is 24.3. The zero-order valence-corrected chi connectivity index (χ0v) is 17.5. The number of carbonyl (C=O) groups is 1. The van der Waals surface area contributed by atoms with Crippen LogP contribution in [-0.4, -0.2) is 53.7 Å². The predicted octanol–water partition coefficient (Wildman–Crippen LogP) is 2.93. The van der Waals surface area contributed by atoms with E-state index in [0.29, 0.717) is 24.1 Å². The number of nitrogens with one attached hydrogen (secondary N) is 1. The van der Waals surface area contributed by atoms with E-state index in [-0.39, 0.29) is 18.0 Å². The summed E-state index contributed by atoms with van der Waals surface area (Å²) >= 11 is 1.63. The van der Waals surface area contributed by atoms with Crippen LogP contribution in [0.15, 0.2) is 22.1 Å². The molecule has 3 heterocycles. The molecule has 1 saturated heterocycles. The van der Waals surface area contributed by atoms with Gasteiger partial charge in [0.05, 0.1) is 17.6 Å². The van der Waals surface area contributed by atoms with E-state index in [1.807, 2.05) is 17.7 Å². The van der Waals surface area contributed by atoms with Gasteiger partial charge in [-0.1, -0.05) is 26.2 Å². The second kappa shape index (κ2) is 8.74. The molecule has 3 atom stereocenters. The Bertz CT molecular complexity index is 742. The summed E-state index contributed by atoms with van der Waals surface area (Å²) in [5, 5.41) is 6.20. The van der Waals surface area contributed by atoms with Gasteiger partial charge >= 0.3 is 0 Å². The summed E-state index contributed by atoms with van der Waals surface area (Å²) in [7, 11) is 0. The van der Waals surface area contributed by atoms with Crippen molar-refractivity contribution in [1.29, 1.82) is 0 Å². The van der Waals surface area contributed by atoms with E-state index in [1.54, 1.807) is 11.3 Å². The Kier molecular flexibility index (Phi) is 6.11. The first-order valence-corrected chi connectivity index (χ1v) is 11.4. The zero-order chi connectivity index (χ0) is 19.5. The molecule has 6 nitrogen and oxygen atoms in total. The van der Waals surface area contributed by atoms with E-state index in [0.717, 1.165) is 30.2 Å². The van der Waals surface area contributed by atoms with Gasteiger partial charge in [0, 0.05) is 42.3 Å². The fourth-order valence-corrected chi connectivity index (χ4v) is 5.69. The number of amides is 1. The van der Waals surface area contributed by atoms with Crippen LogP contribution in [0, 0.1) is 5.92 Å². The number of hydrogen-bond donors (Lipinski definition) is 2. The van der Waals surface area contributed by atoms with Gasteiger partial charge < -0.3 is 16.0 Å². The molecule has 2 aliphatic heterocycles. The number of allylic oxidation sites excluding steroid dienone is 1. The summed E-state index contributed by atoms with van der Waals surface area (Å²) in [6.07, 6.45) is 11.2. The molecule has 0 radical (unpaired) electrons. The van der Waals surface area contributed by atoms with Crippen molar-refractivity contribution >= 4 is 23.5 Å². The Labute approximate surface area is 171 Å². The minimum Gasteiger partial charge on any atom is -0.371 e. The Morgan fingerprint density at radius 3 is 2.89 bits per heavy atom. The number of aliphatic imine (C=N–C) groups is 1. The topological polar surface area (TPSA) is 83.6 Å². The largest absolute Gasteiger partial charge is 0.371 e. The van der Waals surface area contributed by atoms with E-state index in [9.17, 15) is 4.79 Å². The van der Waals surface area contributed by atoms with Crippen molar-refractivity contribution in [2.24, 2.45) is 16.6 Å². The molecule has 1 saturated carbocycles. The van der Waals surface area contributed by atoms with E-state index < -0.39 is 0 Å². The Hall–Kier alpha value is -1.73. The average molecular weight is 402 g/mol. The molecule has 1 aliphatic carbocycles. The van der Waals surface area contributed by atoms with Crippen LogP contribution in [0.5, 0.6) is 0 Å². The first-order chi connectivity index (χ1) is 13.6. The first-order valence-electron chi connectivity index (χ1n) is 10.6. The molecule has 1 amide bonds. The fraction of sp³-hybridized carbons (Fsp3) is 0.667. The van der Waals surface area contributed by atoms with Crippen molar-refractivity contribution in [1.82, 2.24) is 15.2 Å². The molecule has 4 rings (SSSR count). The van der Waals surface area contributed by atoms with E-state index >= 15 is 0 Å². The lowest BCUT2D eigenvalue weighted by Crippen LogP contribution is -2.51. The molecule has 2 fully saturated rings. The standard InChI is InChI=1S/C21H31N5OS/c1-14-9-16(22)12-26(11-14)19-7-8-23-10-17(19)24-20(27)18-13-28-21(25-18)15-5-3-2-4-6-15/h7-8,13-17H,2-6,9-12,22H2,1H3,(H,24,27)/t14?,16?,17-/m0/s1. The Balaban J connectivity index is 1.42. The van der Waals surface area contributed by atoms with Gasteiger partial charge in [0.25, 0.3) is 5.91 Å². The lowest BCUT2D eigenvalue weighted by molar-refractivity contribution is 0.0928. The summed E-state index contributed by atoms with van der Waals surface area (Å²) in [5.41, 5.74) is 7.90. The summed E-state index contributed by atoms with van der Waals surface area (Å²) in [6.45, 7) is 4.61. The fourth-order valence-electron chi connectivity index (χ4n) is 4.72. The first kappa shape index (κ1) is 19.6. The van der Waals surface area contributed by atoms with Crippen LogP contribution in [0.4, 0.5) is 0 Å². The molecule has 152 valence electrons. The smallest absolute Gasteiger partial charge is 0.271 e. The van der Waals surface area contributed by atoms with Gasteiger partial charge in [-0.15, -0.1) is 11.3 Å². The van der Waals surface area contributed by atoms with Crippen LogP contribution < -0.4 is 11.1 Å². The number of thiazole rings is 1. The monoisotopic (exact) mass is 401 g/mol. The second-order valence-electron chi connectivity index (χ2n) is 8.54. The molecule has 7 heteroatoms. The third-order valence-electron chi connectivity index (χ3n) is 6.07. The minimum atomic E-state index is -0.116. The van der Waals surface area contributed by atoms with Gasteiger partial charge in [-0.3, -0.25) is 9.79 Å². The van der Waals surface area contributed by atoms with Crippen LogP contribution in [0.1, 0.15) is 66.9 Å². The third-order valence-corrected chi connectivity index (χ3v) is 7.07. The van der Waals surface area contributed by atoms with Crippen LogP contribution in [0.2, 0.25) is 0 Å². The molecule has 28 heavy (non-hydrogen) atoms. The second-order valence-corrected chi connectivity index (χ2v) is 9.43. The highest BCUT2D eigenvalue weighted by molar-refractivity contribution is 7.09. The van der Waals surface area contributed by atoms with Gasteiger partial charge in [-0.2, -0.15) is 0 Å². The van der Waals surface area contributed by atoms with E-state index in [2.05, 4.69) is 27.1 Å². The van der Waals surface area contributed by atoms with Crippen molar-refractivity contribution in [2.45, 2.75) is 63.5 Å². The van der Waals surface area contributed by atoms with Crippen molar-refractivity contribution < 1.29 is 4.79 Å². The predicted molar refractivity (Wildman–Crippen MR) is 114 cm³/mol. The third kappa shape index (κ3) is 4.46. The van der Waals surface area contributed by atoms with E-state index in [4.69, 9.17) is 5.73 Å². The average Bonchev–Trinajstić information content (AvgIpc) is 3.19. The van der Waals surface area contributed by atoms with Crippen molar-refractivity contribution in [3.05, 3.63) is 27.9 Å². The maximum atomic E-state index is 12.9. The Morgan fingerprint density at radius 2 is 2.11 bits per heavy atom. The minimum absolute atomic E-state index is 0.0966. The van der Waals surface area contributed by atoms with Gasteiger partial charge in [0.2, 0.25) is 0 Å². The highest BCUT2D eigenvalue weighted by Gasteiger charge is 2.30. The van der Waals surface area contributed by atoms with Crippen molar-refractivity contribution in [3.8, 4) is 0 Å². The molecule has 0 aromatic carbocycles. The van der Waals surface area contributed by atoms with Gasteiger partial charge in [0.1, 0.15) is 5.69 Å². The van der Waals surface area contributed by atoms with Crippen LogP contribution in [0.25, 0.3) is 0 Å². The molecule has 0 spiro atoms. The number of rotatable bonds is 4. The van der Waals surface area contributed by atoms with Crippen molar-refractivity contribution in [2.75, 3.05) is 19.6 Å². The normalized spacial score (nSPS) is 28.9. The maximum Gasteiger partial charge on any atom is 0.271 e. The number of aromatic nitrogens is 1. The number of carbonyl (C=O) groups excluding carboxylic acids is 1. The van der Waals surface area contributed by atoms with Crippen LogP contribution in [-0.2, 0) is 0 Å². The number of hydrogen-bond acceptors (Lipinski definition) is 6. The van der Waals surface area contributed by atoms with Gasteiger partial charge in [0.15, 0.2) is 0 Å². The van der Waals surface area contributed by atoms with Gasteiger partial charge in [-0.05, 0) is 31.3 Å².